The molecular weight excluding hydrogens is 236 g/mol. The second-order valence-corrected chi connectivity index (χ2v) is 5.15. The van der Waals surface area contributed by atoms with E-state index in [4.69, 9.17) is 11.6 Å². The van der Waals surface area contributed by atoms with Gasteiger partial charge >= 0.3 is 0 Å². The van der Waals surface area contributed by atoms with Crippen molar-refractivity contribution in [1.82, 2.24) is 14.9 Å². The van der Waals surface area contributed by atoms with E-state index in [2.05, 4.69) is 27.2 Å². The molecule has 0 bridgehead atoms. The van der Waals surface area contributed by atoms with Crippen LogP contribution in [0.25, 0.3) is 0 Å². The van der Waals surface area contributed by atoms with Gasteiger partial charge in [0.25, 0.3) is 0 Å². The van der Waals surface area contributed by atoms with Crippen LogP contribution in [-0.2, 0) is 0 Å². The van der Waals surface area contributed by atoms with Gasteiger partial charge in [0.1, 0.15) is 5.82 Å². The van der Waals surface area contributed by atoms with Crippen molar-refractivity contribution >= 4 is 17.4 Å². The molecule has 1 aliphatic rings. The van der Waals surface area contributed by atoms with Gasteiger partial charge < -0.3 is 10.2 Å². The average molecular weight is 255 g/mol. The van der Waals surface area contributed by atoms with Crippen LogP contribution < -0.4 is 5.32 Å². The summed E-state index contributed by atoms with van der Waals surface area (Å²) in [6.07, 6.45) is 2.57. The van der Waals surface area contributed by atoms with Crippen LogP contribution in [0.2, 0.25) is 5.28 Å². The van der Waals surface area contributed by atoms with Crippen LogP contribution in [0, 0.1) is 12.8 Å². The van der Waals surface area contributed by atoms with Crippen LogP contribution in [0.15, 0.2) is 6.07 Å². The van der Waals surface area contributed by atoms with Crippen molar-refractivity contribution in [2.75, 3.05) is 32.0 Å². The molecule has 1 aromatic heterocycles. The number of piperidine rings is 1. The molecule has 1 fully saturated rings. The van der Waals surface area contributed by atoms with Crippen molar-refractivity contribution in [3.8, 4) is 0 Å². The van der Waals surface area contributed by atoms with Crippen LogP contribution in [-0.4, -0.2) is 41.5 Å². The van der Waals surface area contributed by atoms with E-state index in [0.717, 1.165) is 24.6 Å². The molecule has 5 heteroatoms. The summed E-state index contributed by atoms with van der Waals surface area (Å²) in [5.74, 6) is 1.53. The zero-order valence-corrected chi connectivity index (χ0v) is 11.2. The first-order chi connectivity index (χ1) is 8.13. The van der Waals surface area contributed by atoms with Crippen molar-refractivity contribution in [2.24, 2.45) is 5.92 Å². The Morgan fingerprint density at radius 1 is 1.53 bits per heavy atom. The summed E-state index contributed by atoms with van der Waals surface area (Å²) < 4.78 is 0. The Bertz CT molecular complexity index is 363. The monoisotopic (exact) mass is 254 g/mol. The summed E-state index contributed by atoms with van der Waals surface area (Å²) >= 11 is 5.82. The molecule has 0 amide bonds. The van der Waals surface area contributed by atoms with Gasteiger partial charge in [0.2, 0.25) is 5.28 Å². The highest BCUT2D eigenvalue weighted by molar-refractivity contribution is 6.28. The van der Waals surface area contributed by atoms with Crippen molar-refractivity contribution < 1.29 is 0 Å². The van der Waals surface area contributed by atoms with E-state index in [1.807, 2.05) is 13.0 Å². The maximum Gasteiger partial charge on any atom is 0.224 e. The fourth-order valence-electron chi connectivity index (χ4n) is 2.31. The maximum atomic E-state index is 5.82. The highest BCUT2D eigenvalue weighted by Gasteiger charge is 2.16. The Hall–Kier alpha value is -0.870. The average Bonchev–Trinajstić information content (AvgIpc) is 2.25. The molecule has 0 aliphatic carbocycles. The molecule has 1 saturated heterocycles. The number of rotatable bonds is 3. The fourth-order valence-corrected chi connectivity index (χ4v) is 2.54. The molecule has 2 heterocycles. The van der Waals surface area contributed by atoms with Gasteiger partial charge in [0.05, 0.1) is 0 Å². The molecule has 1 atom stereocenters. The Balaban J connectivity index is 1.88. The Kier molecular flexibility index (Phi) is 4.18. The van der Waals surface area contributed by atoms with E-state index in [0.29, 0.717) is 11.2 Å². The van der Waals surface area contributed by atoms with E-state index in [9.17, 15) is 0 Å². The number of aryl methyl sites for hydroxylation is 1. The minimum atomic E-state index is 0.313. The molecule has 17 heavy (non-hydrogen) atoms. The zero-order valence-electron chi connectivity index (χ0n) is 10.4. The Labute approximate surface area is 107 Å². The van der Waals surface area contributed by atoms with Gasteiger partial charge in [0.15, 0.2) is 0 Å². The van der Waals surface area contributed by atoms with Crippen LogP contribution in [0.1, 0.15) is 18.5 Å². The molecular formula is C12H19ClN4. The van der Waals surface area contributed by atoms with E-state index in [-0.39, 0.29) is 0 Å². The van der Waals surface area contributed by atoms with Crippen LogP contribution in [0.3, 0.4) is 0 Å². The van der Waals surface area contributed by atoms with Crippen LogP contribution in [0.4, 0.5) is 5.82 Å². The lowest BCUT2D eigenvalue weighted by atomic mass is 9.98. The van der Waals surface area contributed by atoms with Gasteiger partial charge in [-0.3, -0.25) is 0 Å². The third-order valence-electron chi connectivity index (χ3n) is 3.12. The molecule has 1 unspecified atom stereocenters. The molecule has 0 radical (unpaired) electrons. The number of anilines is 1. The summed E-state index contributed by atoms with van der Waals surface area (Å²) in [5, 5.41) is 3.67. The number of aromatic nitrogens is 2. The van der Waals surface area contributed by atoms with Crippen LogP contribution in [0.5, 0.6) is 0 Å². The van der Waals surface area contributed by atoms with Gasteiger partial charge in [-0.05, 0) is 50.9 Å². The lowest BCUT2D eigenvalue weighted by Gasteiger charge is -2.29. The molecule has 94 valence electrons. The summed E-state index contributed by atoms with van der Waals surface area (Å²) in [7, 11) is 2.18. The predicted molar refractivity (Wildman–Crippen MR) is 70.5 cm³/mol. The number of hydrogen-bond donors (Lipinski definition) is 1. The number of nitrogens with one attached hydrogen (secondary N) is 1. The van der Waals surface area contributed by atoms with E-state index in [1.165, 1.54) is 19.4 Å². The number of nitrogens with zero attached hydrogens (tertiary/aromatic N) is 3. The van der Waals surface area contributed by atoms with Crippen molar-refractivity contribution in [3.05, 3.63) is 17.0 Å². The van der Waals surface area contributed by atoms with Crippen molar-refractivity contribution in [2.45, 2.75) is 19.8 Å². The molecule has 0 aromatic carbocycles. The molecule has 1 aliphatic heterocycles. The second-order valence-electron chi connectivity index (χ2n) is 4.81. The Morgan fingerprint density at radius 2 is 2.35 bits per heavy atom. The smallest absolute Gasteiger partial charge is 0.224 e. The van der Waals surface area contributed by atoms with E-state index in [1.54, 1.807) is 0 Å². The summed E-state index contributed by atoms with van der Waals surface area (Å²) in [6.45, 7) is 5.25. The van der Waals surface area contributed by atoms with Gasteiger partial charge in [-0.1, -0.05) is 0 Å². The lowest BCUT2D eigenvalue weighted by molar-refractivity contribution is 0.217. The summed E-state index contributed by atoms with van der Waals surface area (Å²) in [6, 6.07) is 1.93. The molecule has 1 N–H and O–H groups in total. The molecule has 0 saturated carbocycles. The summed E-state index contributed by atoms with van der Waals surface area (Å²) in [5.41, 5.74) is 0.897. The van der Waals surface area contributed by atoms with Gasteiger partial charge in [-0.15, -0.1) is 0 Å². The zero-order chi connectivity index (χ0) is 12.3. The van der Waals surface area contributed by atoms with Crippen molar-refractivity contribution in [3.63, 3.8) is 0 Å². The fraction of sp³-hybridized carbons (Fsp3) is 0.667. The quantitative estimate of drug-likeness (QED) is 0.840. The normalized spacial score (nSPS) is 21.5. The van der Waals surface area contributed by atoms with E-state index >= 15 is 0 Å². The molecule has 1 aromatic rings. The molecule has 0 spiro atoms. The number of likely N-dealkylation sites (tertiary alicyclic amines) is 1. The largest absolute Gasteiger partial charge is 0.370 e. The van der Waals surface area contributed by atoms with Crippen molar-refractivity contribution in [1.29, 1.82) is 0 Å². The Morgan fingerprint density at radius 3 is 3.06 bits per heavy atom. The van der Waals surface area contributed by atoms with Gasteiger partial charge in [-0.25, -0.2) is 9.97 Å². The molecule has 2 rings (SSSR count). The maximum absolute atomic E-state index is 5.82. The SMILES string of the molecule is Cc1cc(NCC2CCCN(C)C2)nc(Cl)n1. The number of hydrogen-bond acceptors (Lipinski definition) is 4. The topological polar surface area (TPSA) is 41.0 Å². The summed E-state index contributed by atoms with van der Waals surface area (Å²) in [4.78, 5) is 10.6. The first kappa shape index (κ1) is 12.6. The lowest BCUT2D eigenvalue weighted by Crippen LogP contribution is -2.35. The van der Waals surface area contributed by atoms with Crippen LogP contribution >= 0.6 is 11.6 Å². The highest BCUT2D eigenvalue weighted by atomic mass is 35.5. The van der Waals surface area contributed by atoms with Gasteiger partial charge in [-0.2, -0.15) is 0 Å². The third-order valence-corrected chi connectivity index (χ3v) is 3.29. The van der Waals surface area contributed by atoms with Gasteiger partial charge in [0, 0.05) is 24.8 Å². The molecule has 4 nitrogen and oxygen atoms in total. The standard InChI is InChI=1S/C12H19ClN4/c1-9-6-11(16-12(13)15-9)14-7-10-4-3-5-17(2)8-10/h6,10H,3-5,7-8H2,1-2H3,(H,14,15,16). The minimum Gasteiger partial charge on any atom is -0.370 e. The minimum absolute atomic E-state index is 0.313. The second kappa shape index (κ2) is 5.65. The first-order valence-electron chi connectivity index (χ1n) is 6.07. The van der Waals surface area contributed by atoms with E-state index < -0.39 is 0 Å². The first-order valence-corrected chi connectivity index (χ1v) is 6.45. The predicted octanol–water partition coefficient (Wildman–Crippen LogP) is 2.19. The number of halogens is 1. The third kappa shape index (κ3) is 3.82. The highest BCUT2D eigenvalue weighted by Crippen LogP contribution is 2.16.